The van der Waals surface area contributed by atoms with Crippen molar-refractivity contribution >= 4 is 5.91 Å². The molecule has 1 rings (SSSR count). The molecule has 1 aliphatic rings. The lowest BCUT2D eigenvalue weighted by Crippen LogP contribution is -2.31. The average molecular weight is 183 g/mol. The van der Waals surface area contributed by atoms with E-state index in [0.717, 1.165) is 12.8 Å². The molecule has 0 heterocycles. The van der Waals surface area contributed by atoms with E-state index in [1.807, 2.05) is 0 Å². The van der Waals surface area contributed by atoms with Gasteiger partial charge < -0.3 is 5.73 Å². The molecule has 2 nitrogen and oxygen atoms in total. The van der Waals surface area contributed by atoms with Crippen LogP contribution in [0.3, 0.4) is 0 Å². The van der Waals surface area contributed by atoms with E-state index in [-0.39, 0.29) is 11.8 Å². The second-order valence-electron chi connectivity index (χ2n) is 4.20. The standard InChI is InChI=1S/C11H21NO/c1-2-6-10(11(12)13)9-7-4-3-5-8-9/h9-10H,2-8H2,1H3,(H2,12,13). The predicted octanol–water partition coefficient (Wildman–Crippen LogP) is 2.47. The van der Waals surface area contributed by atoms with Crippen LogP contribution in [0.15, 0.2) is 0 Å². The summed E-state index contributed by atoms with van der Waals surface area (Å²) in [5, 5.41) is 0. The molecule has 1 amide bonds. The number of nitrogens with two attached hydrogens (primary N) is 1. The quantitative estimate of drug-likeness (QED) is 0.714. The van der Waals surface area contributed by atoms with Crippen molar-refractivity contribution in [2.75, 3.05) is 0 Å². The van der Waals surface area contributed by atoms with Crippen LogP contribution in [0, 0.1) is 11.8 Å². The fourth-order valence-corrected chi connectivity index (χ4v) is 2.46. The third-order valence-electron chi connectivity index (χ3n) is 3.18. The highest BCUT2D eigenvalue weighted by Gasteiger charge is 2.26. The maximum absolute atomic E-state index is 11.2. The molecule has 1 atom stereocenters. The third-order valence-corrected chi connectivity index (χ3v) is 3.18. The van der Waals surface area contributed by atoms with Crippen LogP contribution >= 0.6 is 0 Å². The monoisotopic (exact) mass is 183 g/mol. The lowest BCUT2D eigenvalue weighted by atomic mass is 9.78. The Kier molecular flexibility index (Phi) is 4.26. The number of rotatable bonds is 4. The molecule has 0 aromatic carbocycles. The van der Waals surface area contributed by atoms with Gasteiger partial charge in [-0.05, 0) is 25.2 Å². The van der Waals surface area contributed by atoms with E-state index in [2.05, 4.69) is 6.92 Å². The molecule has 0 saturated heterocycles. The van der Waals surface area contributed by atoms with Crippen LogP contribution in [0.4, 0.5) is 0 Å². The first-order valence-electron chi connectivity index (χ1n) is 5.55. The van der Waals surface area contributed by atoms with Gasteiger partial charge in [0.15, 0.2) is 0 Å². The number of hydrogen-bond acceptors (Lipinski definition) is 1. The molecule has 2 N–H and O–H groups in total. The van der Waals surface area contributed by atoms with Gasteiger partial charge in [-0.15, -0.1) is 0 Å². The van der Waals surface area contributed by atoms with Gasteiger partial charge in [-0.2, -0.15) is 0 Å². The zero-order valence-electron chi connectivity index (χ0n) is 8.59. The molecular formula is C11H21NO. The summed E-state index contributed by atoms with van der Waals surface area (Å²) in [4.78, 5) is 11.2. The van der Waals surface area contributed by atoms with Crippen LogP contribution in [-0.2, 0) is 4.79 Å². The van der Waals surface area contributed by atoms with E-state index in [0.29, 0.717) is 5.92 Å². The van der Waals surface area contributed by atoms with Crippen LogP contribution in [0.25, 0.3) is 0 Å². The van der Waals surface area contributed by atoms with Crippen molar-refractivity contribution in [2.24, 2.45) is 17.6 Å². The minimum atomic E-state index is -0.0752. The summed E-state index contributed by atoms with van der Waals surface area (Å²) in [6, 6.07) is 0. The van der Waals surface area contributed by atoms with Crippen LogP contribution in [0.5, 0.6) is 0 Å². The summed E-state index contributed by atoms with van der Waals surface area (Å²) >= 11 is 0. The zero-order valence-corrected chi connectivity index (χ0v) is 8.59. The Balaban J connectivity index is 2.46. The molecule has 1 fully saturated rings. The van der Waals surface area contributed by atoms with Gasteiger partial charge in [0.05, 0.1) is 0 Å². The molecule has 0 bridgehead atoms. The summed E-state index contributed by atoms with van der Waals surface area (Å²) in [5.41, 5.74) is 5.41. The van der Waals surface area contributed by atoms with Gasteiger partial charge >= 0.3 is 0 Å². The van der Waals surface area contributed by atoms with Gasteiger partial charge in [-0.3, -0.25) is 4.79 Å². The smallest absolute Gasteiger partial charge is 0.220 e. The van der Waals surface area contributed by atoms with Crippen LogP contribution < -0.4 is 5.73 Å². The zero-order chi connectivity index (χ0) is 9.68. The first kappa shape index (κ1) is 10.6. The summed E-state index contributed by atoms with van der Waals surface area (Å²) in [6.45, 7) is 2.12. The Bertz CT molecular complexity index is 161. The molecule has 13 heavy (non-hydrogen) atoms. The molecule has 1 aliphatic carbocycles. The van der Waals surface area contributed by atoms with Gasteiger partial charge in [0.25, 0.3) is 0 Å². The maximum Gasteiger partial charge on any atom is 0.220 e. The van der Waals surface area contributed by atoms with Crippen molar-refractivity contribution in [3.05, 3.63) is 0 Å². The molecule has 76 valence electrons. The minimum Gasteiger partial charge on any atom is -0.369 e. The fraction of sp³-hybridized carbons (Fsp3) is 0.909. The highest BCUT2D eigenvalue weighted by molar-refractivity contribution is 5.76. The van der Waals surface area contributed by atoms with Crippen molar-refractivity contribution in [1.82, 2.24) is 0 Å². The van der Waals surface area contributed by atoms with Crippen molar-refractivity contribution in [3.63, 3.8) is 0 Å². The second kappa shape index (κ2) is 5.25. The normalized spacial score (nSPS) is 21.3. The third kappa shape index (κ3) is 3.02. The Morgan fingerprint density at radius 2 is 2.00 bits per heavy atom. The van der Waals surface area contributed by atoms with E-state index in [4.69, 9.17) is 5.73 Å². The lowest BCUT2D eigenvalue weighted by molar-refractivity contribution is -0.124. The van der Waals surface area contributed by atoms with Crippen LogP contribution in [0.1, 0.15) is 51.9 Å². The minimum absolute atomic E-state index is 0.0752. The number of hydrogen-bond donors (Lipinski definition) is 1. The van der Waals surface area contributed by atoms with Gasteiger partial charge in [0.1, 0.15) is 0 Å². The Morgan fingerprint density at radius 1 is 1.38 bits per heavy atom. The van der Waals surface area contributed by atoms with Crippen molar-refractivity contribution in [2.45, 2.75) is 51.9 Å². The van der Waals surface area contributed by atoms with Gasteiger partial charge in [-0.25, -0.2) is 0 Å². The molecule has 0 aromatic rings. The predicted molar refractivity (Wildman–Crippen MR) is 54.2 cm³/mol. The van der Waals surface area contributed by atoms with Crippen molar-refractivity contribution in [3.8, 4) is 0 Å². The van der Waals surface area contributed by atoms with E-state index in [1.165, 1.54) is 32.1 Å². The lowest BCUT2D eigenvalue weighted by Gasteiger charge is -2.27. The van der Waals surface area contributed by atoms with Gasteiger partial charge in [-0.1, -0.05) is 32.6 Å². The van der Waals surface area contributed by atoms with Crippen LogP contribution in [0.2, 0.25) is 0 Å². The number of primary amides is 1. The summed E-state index contributed by atoms with van der Waals surface area (Å²) in [5.74, 6) is 0.672. The number of carbonyl (C=O) groups excluding carboxylic acids is 1. The molecule has 2 heteroatoms. The topological polar surface area (TPSA) is 43.1 Å². The maximum atomic E-state index is 11.2. The Labute approximate surface area is 80.9 Å². The highest BCUT2D eigenvalue weighted by atomic mass is 16.1. The van der Waals surface area contributed by atoms with Crippen molar-refractivity contribution in [1.29, 1.82) is 0 Å². The fourth-order valence-electron chi connectivity index (χ4n) is 2.46. The van der Waals surface area contributed by atoms with E-state index in [1.54, 1.807) is 0 Å². The Hall–Kier alpha value is -0.530. The van der Waals surface area contributed by atoms with E-state index < -0.39 is 0 Å². The molecular weight excluding hydrogens is 162 g/mol. The van der Waals surface area contributed by atoms with Gasteiger partial charge in [0, 0.05) is 5.92 Å². The summed E-state index contributed by atoms with van der Waals surface area (Å²) in [6.07, 6.45) is 8.41. The molecule has 1 unspecified atom stereocenters. The van der Waals surface area contributed by atoms with E-state index >= 15 is 0 Å². The summed E-state index contributed by atoms with van der Waals surface area (Å²) in [7, 11) is 0. The Morgan fingerprint density at radius 3 is 2.46 bits per heavy atom. The SMILES string of the molecule is CCCC(C(N)=O)C1CCCCC1. The second-order valence-corrected chi connectivity index (χ2v) is 4.20. The largest absolute Gasteiger partial charge is 0.369 e. The molecule has 0 spiro atoms. The van der Waals surface area contributed by atoms with Crippen molar-refractivity contribution < 1.29 is 4.79 Å². The molecule has 0 radical (unpaired) electrons. The number of amides is 1. The van der Waals surface area contributed by atoms with E-state index in [9.17, 15) is 4.79 Å². The number of carbonyl (C=O) groups is 1. The first-order valence-corrected chi connectivity index (χ1v) is 5.55. The molecule has 0 aliphatic heterocycles. The molecule has 1 saturated carbocycles. The average Bonchev–Trinajstić information content (AvgIpc) is 2.15. The molecule has 0 aromatic heterocycles. The first-order chi connectivity index (χ1) is 6.25. The highest BCUT2D eigenvalue weighted by Crippen LogP contribution is 2.32. The van der Waals surface area contributed by atoms with Gasteiger partial charge in [0.2, 0.25) is 5.91 Å². The summed E-state index contributed by atoms with van der Waals surface area (Å²) < 4.78 is 0. The van der Waals surface area contributed by atoms with Crippen LogP contribution in [-0.4, -0.2) is 5.91 Å².